The summed E-state index contributed by atoms with van der Waals surface area (Å²) in [5.74, 6) is 2.35. The van der Waals surface area contributed by atoms with Gasteiger partial charge in [0.25, 0.3) is 0 Å². The first-order chi connectivity index (χ1) is 13.7. The third kappa shape index (κ3) is 4.37. The van der Waals surface area contributed by atoms with Gasteiger partial charge in [0.15, 0.2) is 5.82 Å². The van der Waals surface area contributed by atoms with Crippen LogP contribution >= 0.6 is 0 Å². The third-order valence-electron chi connectivity index (χ3n) is 6.21. The number of anilines is 4. The average molecular weight is 381 g/mol. The van der Waals surface area contributed by atoms with Crippen molar-refractivity contribution in [2.24, 2.45) is 5.92 Å². The molecule has 2 saturated heterocycles. The maximum Gasteiger partial charge on any atom is 0.249 e. The van der Waals surface area contributed by atoms with Crippen molar-refractivity contribution in [3.8, 4) is 0 Å². The lowest BCUT2D eigenvalue weighted by atomic mass is 9.99. The maximum atomic E-state index is 4.74. The second kappa shape index (κ2) is 8.76. The Labute approximate surface area is 168 Å². The van der Waals surface area contributed by atoms with Crippen LogP contribution in [0.3, 0.4) is 0 Å². The molecule has 28 heavy (non-hydrogen) atoms. The Morgan fingerprint density at radius 2 is 1.82 bits per heavy atom. The van der Waals surface area contributed by atoms with Gasteiger partial charge in [-0.25, -0.2) is 0 Å². The van der Waals surface area contributed by atoms with Crippen LogP contribution in [0, 0.1) is 5.92 Å². The highest BCUT2D eigenvalue weighted by atomic mass is 15.3. The molecule has 0 spiro atoms. The molecule has 150 valence electrons. The number of nitrogens with one attached hydrogen (secondary N) is 1. The molecular weight excluding hydrogens is 348 g/mol. The number of rotatable bonds is 5. The Bertz CT molecular complexity index is 754. The first kappa shape index (κ1) is 19.0. The van der Waals surface area contributed by atoms with Crippen LogP contribution in [-0.2, 0) is 0 Å². The predicted molar refractivity (Wildman–Crippen MR) is 115 cm³/mol. The Balaban J connectivity index is 1.43. The van der Waals surface area contributed by atoms with Crippen molar-refractivity contribution in [1.29, 1.82) is 0 Å². The summed E-state index contributed by atoms with van der Waals surface area (Å²) in [7, 11) is 0. The summed E-state index contributed by atoms with van der Waals surface area (Å²) in [6, 6.07) is 9.16. The zero-order valence-electron chi connectivity index (χ0n) is 17.1. The second-order valence-corrected chi connectivity index (χ2v) is 8.23. The van der Waals surface area contributed by atoms with E-state index < -0.39 is 0 Å². The van der Waals surface area contributed by atoms with E-state index in [2.05, 4.69) is 63.4 Å². The van der Waals surface area contributed by atoms with E-state index in [0.29, 0.717) is 12.0 Å². The SMILES string of the molecule is CCC1CCCCN1c1cnnc(Nc2ccc(N3CCC(C)CC3)cc2)n1. The van der Waals surface area contributed by atoms with Gasteiger partial charge >= 0.3 is 0 Å². The molecule has 4 rings (SSSR count). The lowest BCUT2D eigenvalue weighted by molar-refractivity contribution is 0.438. The van der Waals surface area contributed by atoms with Crippen molar-refractivity contribution in [3.05, 3.63) is 30.5 Å². The Morgan fingerprint density at radius 1 is 1.04 bits per heavy atom. The Kier molecular flexibility index (Phi) is 5.93. The number of nitrogens with zero attached hydrogens (tertiary/aromatic N) is 5. The number of piperidine rings is 2. The summed E-state index contributed by atoms with van der Waals surface area (Å²) in [5, 5.41) is 11.7. The molecular formula is C22H32N6. The van der Waals surface area contributed by atoms with Crippen LogP contribution in [0.25, 0.3) is 0 Å². The summed E-state index contributed by atoms with van der Waals surface area (Å²) < 4.78 is 0. The number of hydrogen-bond donors (Lipinski definition) is 1. The largest absolute Gasteiger partial charge is 0.372 e. The minimum atomic E-state index is 0.560. The van der Waals surface area contributed by atoms with Crippen molar-refractivity contribution in [3.63, 3.8) is 0 Å². The van der Waals surface area contributed by atoms with E-state index in [0.717, 1.165) is 43.5 Å². The molecule has 6 nitrogen and oxygen atoms in total. The van der Waals surface area contributed by atoms with Crippen LogP contribution in [0.4, 0.5) is 23.1 Å². The van der Waals surface area contributed by atoms with E-state index >= 15 is 0 Å². The number of aromatic nitrogens is 3. The quantitative estimate of drug-likeness (QED) is 0.817. The van der Waals surface area contributed by atoms with Crippen LogP contribution in [-0.4, -0.2) is 40.9 Å². The smallest absolute Gasteiger partial charge is 0.249 e. The molecule has 0 radical (unpaired) electrons. The minimum Gasteiger partial charge on any atom is -0.372 e. The minimum absolute atomic E-state index is 0.560. The monoisotopic (exact) mass is 380 g/mol. The van der Waals surface area contributed by atoms with Crippen LogP contribution in [0.15, 0.2) is 30.5 Å². The Hall–Kier alpha value is -2.37. The molecule has 0 saturated carbocycles. The fraction of sp³-hybridized carbons (Fsp3) is 0.591. The summed E-state index contributed by atoms with van der Waals surface area (Å²) in [6.07, 6.45) is 9.26. The number of benzene rings is 1. The summed E-state index contributed by atoms with van der Waals surface area (Å²) >= 11 is 0. The van der Waals surface area contributed by atoms with Gasteiger partial charge in [-0.1, -0.05) is 13.8 Å². The highest BCUT2D eigenvalue weighted by Gasteiger charge is 2.22. The normalized spacial score (nSPS) is 21.0. The fourth-order valence-electron chi connectivity index (χ4n) is 4.36. The highest BCUT2D eigenvalue weighted by molar-refractivity contribution is 5.60. The molecule has 3 heterocycles. The van der Waals surface area contributed by atoms with Crippen molar-refractivity contribution in [2.45, 2.75) is 58.4 Å². The van der Waals surface area contributed by atoms with E-state index in [4.69, 9.17) is 4.98 Å². The zero-order chi connectivity index (χ0) is 19.3. The molecule has 1 unspecified atom stereocenters. The molecule has 2 aliphatic heterocycles. The topological polar surface area (TPSA) is 57.2 Å². The molecule has 0 amide bonds. The molecule has 0 aliphatic carbocycles. The summed E-state index contributed by atoms with van der Waals surface area (Å²) in [5.41, 5.74) is 2.29. The first-order valence-corrected chi connectivity index (χ1v) is 10.8. The van der Waals surface area contributed by atoms with E-state index in [-0.39, 0.29) is 0 Å². The highest BCUT2D eigenvalue weighted by Crippen LogP contribution is 2.27. The van der Waals surface area contributed by atoms with Gasteiger partial charge in [-0.15, -0.1) is 5.10 Å². The van der Waals surface area contributed by atoms with E-state index in [1.807, 2.05) is 0 Å². The summed E-state index contributed by atoms with van der Waals surface area (Å²) in [6.45, 7) is 7.95. The van der Waals surface area contributed by atoms with Crippen LogP contribution in [0.2, 0.25) is 0 Å². The molecule has 1 aromatic heterocycles. The van der Waals surface area contributed by atoms with Crippen molar-refractivity contribution < 1.29 is 0 Å². The number of hydrogen-bond acceptors (Lipinski definition) is 6. The first-order valence-electron chi connectivity index (χ1n) is 10.8. The van der Waals surface area contributed by atoms with Gasteiger partial charge in [-0.05, 0) is 68.7 Å². The van der Waals surface area contributed by atoms with Gasteiger partial charge < -0.3 is 15.1 Å². The van der Waals surface area contributed by atoms with Gasteiger partial charge in [-0.2, -0.15) is 10.1 Å². The third-order valence-corrected chi connectivity index (χ3v) is 6.21. The van der Waals surface area contributed by atoms with Gasteiger partial charge in [0.1, 0.15) is 0 Å². The molecule has 1 N–H and O–H groups in total. The van der Waals surface area contributed by atoms with Gasteiger partial charge in [0.2, 0.25) is 5.95 Å². The summed E-state index contributed by atoms with van der Waals surface area (Å²) in [4.78, 5) is 9.61. The fourth-order valence-corrected chi connectivity index (χ4v) is 4.36. The molecule has 1 atom stereocenters. The molecule has 2 aliphatic rings. The average Bonchev–Trinajstić information content (AvgIpc) is 2.75. The van der Waals surface area contributed by atoms with Crippen molar-refractivity contribution in [1.82, 2.24) is 15.2 Å². The predicted octanol–water partition coefficient (Wildman–Crippen LogP) is 4.62. The lowest BCUT2D eigenvalue weighted by Gasteiger charge is -2.35. The van der Waals surface area contributed by atoms with E-state index in [9.17, 15) is 0 Å². The van der Waals surface area contributed by atoms with Crippen LogP contribution in [0.5, 0.6) is 0 Å². The maximum absolute atomic E-state index is 4.74. The molecule has 1 aromatic carbocycles. The van der Waals surface area contributed by atoms with E-state index in [1.165, 1.54) is 37.8 Å². The molecule has 6 heteroatoms. The van der Waals surface area contributed by atoms with Crippen molar-refractivity contribution >= 4 is 23.1 Å². The van der Waals surface area contributed by atoms with Gasteiger partial charge in [-0.3, -0.25) is 0 Å². The lowest BCUT2D eigenvalue weighted by Crippen LogP contribution is -2.39. The van der Waals surface area contributed by atoms with Crippen LogP contribution in [0.1, 0.15) is 52.4 Å². The molecule has 2 aromatic rings. The van der Waals surface area contributed by atoms with Crippen molar-refractivity contribution in [2.75, 3.05) is 34.8 Å². The Morgan fingerprint density at radius 3 is 2.57 bits per heavy atom. The molecule has 2 fully saturated rings. The van der Waals surface area contributed by atoms with Gasteiger partial charge in [0, 0.05) is 37.1 Å². The van der Waals surface area contributed by atoms with E-state index in [1.54, 1.807) is 6.20 Å². The zero-order valence-corrected chi connectivity index (χ0v) is 17.1. The standard InChI is InChI=1S/C22H32N6/c1-3-19-6-4-5-13-28(19)21-16-23-26-22(25-21)24-18-7-9-20(10-8-18)27-14-11-17(2)12-15-27/h7-10,16-17,19H,3-6,11-15H2,1-2H3,(H,24,25,26). The van der Waals surface area contributed by atoms with Crippen LogP contribution < -0.4 is 15.1 Å². The second-order valence-electron chi connectivity index (χ2n) is 8.23. The van der Waals surface area contributed by atoms with Gasteiger partial charge in [0.05, 0.1) is 6.20 Å². The molecule has 0 bridgehead atoms.